The van der Waals surface area contributed by atoms with Crippen LogP contribution in [0.3, 0.4) is 0 Å². The summed E-state index contributed by atoms with van der Waals surface area (Å²) >= 11 is 1.55. The van der Waals surface area contributed by atoms with Crippen LogP contribution in [0.1, 0.15) is 28.9 Å². The van der Waals surface area contributed by atoms with E-state index < -0.39 is 0 Å². The number of nitrogens with one attached hydrogen (secondary N) is 2. The third-order valence-corrected chi connectivity index (χ3v) is 5.68. The molecule has 2 N–H and O–H groups in total. The van der Waals surface area contributed by atoms with Gasteiger partial charge in [-0.05, 0) is 35.7 Å². The zero-order valence-corrected chi connectivity index (χ0v) is 15.8. The molecule has 28 heavy (non-hydrogen) atoms. The van der Waals surface area contributed by atoms with E-state index in [1.807, 2.05) is 58.6 Å². The second-order valence-corrected chi connectivity index (χ2v) is 7.89. The molecule has 0 radical (unpaired) electrons. The molecule has 0 atom stereocenters. The average Bonchev–Trinajstić information content (AvgIpc) is 3.35. The number of aromatic nitrogens is 2. The minimum atomic E-state index is -0.229. The second kappa shape index (κ2) is 6.76. The van der Waals surface area contributed by atoms with Crippen LogP contribution in [0, 0.1) is 5.92 Å². The van der Waals surface area contributed by atoms with Gasteiger partial charge in [-0.25, -0.2) is 4.98 Å². The molecule has 2 amide bonds. The van der Waals surface area contributed by atoms with Gasteiger partial charge in [0.25, 0.3) is 5.91 Å². The molecule has 2 heterocycles. The van der Waals surface area contributed by atoms with E-state index in [9.17, 15) is 9.59 Å². The van der Waals surface area contributed by atoms with Crippen LogP contribution >= 0.6 is 11.3 Å². The Kier molecular flexibility index (Phi) is 4.09. The number of fused-ring (bicyclic) bond motifs is 2. The molecule has 1 saturated carbocycles. The number of nitrogens with zero attached hydrogens (tertiary/aromatic N) is 2. The smallest absolute Gasteiger partial charge is 0.253 e. The van der Waals surface area contributed by atoms with Gasteiger partial charge in [0.1, 0.15) is 0 Å². The molecular weight excluding hydrogens is 372 g/mol. The number of hydrogen-bond donors (Lipinski definition) is 2. The molecule has 0 bridgehead atoms. The van der Waals surface area contributed by atoms with Crippen molar-refractivity contribution in [3.8, 4) is 0 Å². The summed E-state index contributed by atoms with van der Waals surface area (Å²) in [7, 11) is 0. The van der Waals surface area contributed by atoms with Crippen LogP contribution < -0.4 is 10.6 Å². The van der Waals surface area contributed by atoms with Gasteiger partial charge in [0.2, 0.25) is 5.91 Å². The topological polar surface area (TPSA) is 75.5 Å². The lowest BCUT2D eigenvalue weighted by Gasteiger charge is -2.13. The number of hydrogen-bond acceptors (Lipinski definition) is 4. The first kappa shape index (κ1) is 16.9. The highest BCUT2D eigenvalue weighted by atomic mass is 32.1. The first-order chi connectivity index (χ1) is 13.7. The van der Waals surface area contributed by atoms with Crippen LogP contribution in [0.2, 0.25) is 0 Å². The molecule has 0 aliphatic heterocycles. The quantitative estimate of drug-likeness (QED) is 0.544. The summed E-state index contributed by atoms with van der Waals surface area (Å²) in [5.74, 6) is -0.173. The number of anilines is 1. The molecule has 1 fully saturated rings. The SMILES string of the molecule is O=C(NCc1cn2ccsc2n1)c1cc2ccccc2cc1NC(=O)C1CC1. The van der Waals surface area contributed by atoms with Crippen molar-refractivity contribution in [3.05, 3.63) is 65.4 Å². The zero-order chi connectivity index (χ0) is 19.1. The number of amides is 2. The molecule has 2 aromatic carbocycles. The third kappa shape index (κ3) is 3.25. The maximum Gasteiger partial charge on any atom is 0.253 e. The Morgan fingerprint density at radius 2 is 1.96 bits per heavy atom. The highest BCUT2D eigenvalue weighted by Gasteiger charge is 2.30. The average molecular weight is 390 g/mol. The number of benzene rings is 2. The van der Waals surface area contributed by atoms with Gasteiger partial charge in [-0.15, -0.1) is 11.3 Å². The lowest BCUT2D eigenvalue weighted by Crippen LogP contribution is -2.25. The third-order valence-electron chi connectivity index (χ3n) is 4.91. The number of imidazole rings is 1. The maximum atomic E-state index is 12.9. The van der Waals surface area contributed by atoms with E-state index in [1.165, 1.54) is 0 Å². The highest BCUT2D eigenvalue weighted by molar-refractivity contribution is 7.15. The second-order valence-electron chi connectivity index (χ2n) is 7.02. The minimum absolute atomic E-state index is 0.0151. The molecule has 2 aromatic heterocycles. The fourth-order valence-corrected chi connectivity index (χ4v) is 3.96. The molecule has 1 aliphatic rings. The number of carbonyl (C=O) groups is 2. The van der Waals surface area contributed by atoms with Crippen molar-refractivity contribution < 1.29 is 9.59 Å². The monoisotopic (exact) mass is 390 g/mol. The molecule has 7 heteroatoms. The van der Waals surface area contributed by atoms with Crippen molar-refractivity contribution in [1.29, 1.82) is 0 Å². The van der Waals surface area contributed by atoms with E-state index in [1.54, 1.807) is 11.3 Å². The summed E-state index contributed by atoms with van der Waals surface area (Å²) in [6.07, 6.45) is 5.67. The predicted molar refractivity (Wildman–Crippen MR) is 110 cm³/mol. The summed E-state index contributed by atoms with van der Waals surface area (Å²) in [4.78, 5) is 30.6. The van der Waals surface area contributed by atoms with Crippen LogP contribution in [-0.4, -0.2) is 21.2 Å². The van der Waals surface area contributed by atoms with Gasteiger partial charge < -0.3 is 10.6 Å². The highest BCUT2D eigenvalue weighted by Crippen LogP contribution is 2.32. The summed E-state index contributed by atoms with van der Waals surface area (Å²) in [5, 5.41) is 9.78. The molecule has 6 nitrogen and oxygen atoms in total. The van der Waals surface area contributed by atoms with E-state index in [4.69, 9.17) is 0 Å². The van der Waals surface area contributed by atoms with Crippen LogP contribution in [0.15, 0.2) is 54.2 Å². The lowest BCUT2D eigenvalue weighted by atomic mass is 10.0. The molecule has 0 unspecified atom stereocenters. The van der Waals surface area contributed by atoms with Gasteiger partial charge in [0.15, 0.2) is 4.96 Å². The predicted octanol–water partition coefficient (Wildman–Crippen LogP) is 3.83. The van der Waals surface area contributed by atoms with Crippen molar-refractivity contribution in [1.82, 2.24) is 14.7 Å². The summed E-state index contributed by atoms with van der Waals surface area (Å²) in [5.41, 5.74) is 1.82. The van der Waals surface area contributed by atoms with Crippen LogP contribution in [-0.2, 0) is 11.3 Å². The maximum absolute atomic E-state index is 12.9. The molecular formula is C21H18N4O2S. The number of carbonyl (C=O) groups excluding carboxylic acids is 2. The van der Waals surface area contributed by atoms with Gasteiger partial charge in [-0.1, -0.05) is 24.3 Å². The normalized spacial score (nSPS) is 13.7. The summed E-state index contributed by atoms with van der Waals surface area (Å²) in [6.45, 7) is 0.329. The molecule has 0 saturated heterocycles. The van der Waals surface area contributed by atoms with Crippen molar-refractivity contribution in [2.45, 2.75) is 19.4 Å². The van der Waals surface area contributed by atoms with Crippen molar-refractivity contribution in [2.75, 3.05) is 5.32 Å². The Labute approximate surface area is 165 Å². The summed E-state index contributed by atoms with van der Waals surface area (Å²) in [6, 6.07) is 11.5. The van der Waals surface area contributed by atoms with E-state index in [0.29, 0.717) is 17.8 Å². The fraction of sp³-hybridized carbons (Fsp3) is 0.190. The molecule has 5 rings (SSSR count). The first-order valence-corrected chi connectivity index (χ1v) is 10.1. The van der Waals surface area contributed by atoms with Crippen molar-refractivity contribution in [3.63, 3.8) is 0 Å². The Balaban J connectivity index is 1.42. The molecule has 4 aromatic rings. The van der Waals surface area contributed by atoms with Gasteiger partial charge in [-0.3, -0.25) is 14.0 Å². The Bertz CT molecular complexity index is 1180. The van der Waals surface area contributed by atoms with E-state index in [2.05, 4.69) is 15.6 Å². The van der Waals surface area contributed by atoms with E-state index in [0.717, 1.165) is 34.3 Å². The largest absolute Gasteiger partial charge is 0.346 e. The Morgan fingerprint density at radius 3 is 2.71 bits per heavy atom. The molecule has 1 aliphatic carbocycles. The van der Waals surface area contributed by atoms with Gasteiger partial charge >= 0.3 is 0 Å². The Hall–Kier alpha value is -3.19. The van der Waals surface area contributed by atoms with Crippen LogP contribution in [0.5, 0.6) is 0 Å². The standard InChI is InChI=1S/C21H18N4O2S/c26-19(13-5-6-13)24-18-10-15-4-2-1-3-14(15)9-17(18)20(27)22-11-16-12-25-7-8-28-21(25)23-16/h1-4,7-10,12-13H,5-6,11H2,(H,22,27)(H,24,26). The van der Waals surface area contributed by atoms with Gasteiger partial charge in [0, 0.05) is 23.7 Å². The summed E-state index contributed by atoms with van der Waals surface area (Å²) < 4.78 is 1.93. The van der Waals surface area contributed by atoms with Gasteiger partial charge in [0.05, 0.1) is 23.5 Å². The number of rotatable bonds is 5. The number of thiazole rings is 1. The van der Waals surface area contributed by atoms with Gasteiger partial charge in [-0.2, -0.15) is 0 Å². The fourth-order valence-electron chi connectivity index (χ4n) is 3.24. The molecule has 140 valence electrons. The van der Waals surface area contributed by atoms with Crippen molar-refractivity contribution in [2.24, 2.45) is 5.92 Å². The lowest BCUT2D eigenvalue weighted by molar-refractivity contribution is -0.117. The Morgan fingerprint density at radius 1 is 1.18 bits per heavy atom. The zero-order valence-electron chi connectivity index (χ0n) is 15.0. The van der Waals surface area contributed by atoms with Crippen LogP contribution in [0.4, 0.5) is 5.69 Å². The van der Waals surface area contributed by atoms with Crippen LogP contribution in [0.25, 0.3) is 15.7 Å². The minimum Gasteiger partial charge on any atom is -0.346 e. The van der Waals surface area contributed by atoms with Crippen molar-refractivity contribution >= 4 is 44.6 Å². The van der Waals surface area contributed by atoms with E-state index in [-0.39, 0.29) is 17.7 Å². The molecule has 0 spiro atoms. The first-order valence-electron chi connectivity index (χ1n) is 9.20. The van der Waals surface area contributed by atoms with E-state index >= 15 is 0 Å².